The summed E-state index contributed by atoms with van der Waals surface area (Å²) >= 11 is 0. The Balaban J connectivity index is 1.68. The molecule has 1 unspecified atom stereocenters. The van der Waals surface area contributed by atoms with Crippen molar-refractivity contribution < 1.29 is 18.7 Å². The number of nitrogens with one attached hydrogen (secondary N) is 1. The number of para-hydroxylation sites is 1. The maximum atomic E-state index is 13.2. The molecule has 1 fully saturated rings. The van der Waals surface area contributed by atoms with Crippen molar-refractivity contribution in [2.24, 2.45) is 5.92 Å². The quantitative estimate of drug-likeness (QED) is 0.837. The molecule has 0 spiro atoms. The summed E-state index contributed by atoms with van der Waals surface area (Å²) in [6, 6.07) is 6.08. The second-order valence-electron chi connectivity index (χ2n) is 4.97. The van der Waals surface area contributed by atoms with Gasteiger partial charge in [-0.15, -0.1) is 0 Å². The zero-order valence-corrected chi connectivity index (χ0v) is 12.3. The molecule has 0 aromatic heterocycles. The molecule has 1 aromatic carbocycles. The first-order valence-corrected chi connectivity index (χ1v) is 6.92. The first kappa shape index (κ1) is 15.8. The summed E-state index contributed by atoms with van der Waals surface area (Å²) in [5.41, 5.74) is 0. The number of nitrogens with zero attached hydrogens (tertiary/aromatic N) is 1. The summed E-state index contributed by atoms with van der Waals surface area (Å²) in [7, 11) is 1.68. The van der Waals surface area contributed by atoms with Gasteiger partial charge in [-0.1, -0.05) is 24.0 Å². The fraction of sp³-hybridized carbons (Fsp3) is 0.375. The highest BCUT2D eigenvalue weighted by molar-refractivity contribution is 5.89. The Morgan fingerprint density at radius 3 is 2.91 bits per heavy atom. The summed E-state index contributed by atoms with van der Waals surface area (Å²) in [5.74, 6) is 4.61. The van der Waals surface area contributed by atoms with Gasteiger partial charge in [0.05, 0.1) is 12.5 Å². The smallest absolute Gasteiger partial charge is 0.226 e. The van der Waals surface area contributed by atoms with E-state index in [1.165, 1.54) is 17.0 Å². The SMILES string of the molecule is CN1CC(C(=O)NCC#CCOc2ccccc2F)CC1=O. The van der Waals surface area contributed by atoms with Crippen molar-refractivity contribution in [2.45, 2.75) is 6.42 Å². The number of benzene rings is 1. The number of rotatable bonds is 4. The van der Waals surface area contributed by atoms with Crippen molar-refractivity contribution in [3.05, 3.63) is 30.1 Å². The van der Waals surface area contributed by atoms with E-state index >= 15 is 0 Å². The Bertz CT molecular complexity index is 621. The lowest BCUT2D eigenvalue weighted by molar-refractivity contribution is -0.128. The number of likely N-dealkylation sites (tertiary alicyclic amines) is 1. The van der Waals surface area contributed by atoms with Crippen LogP contribution in [0.5, 0.6) is 5.75 Å². The van der Waals surface area contributed by atoms with Gasteiger partial charge in [-0.05, 0) is 12.1 Å². The van der Waals surface area contributed by atoms with Crippen LogP contribution in [-0.2, 0) is 9.59 Å². The van der Waals surface area contributed by atoms with Crippen LogP contribution in [0.3, 0.4) is 0 Å². The molecule has 1 aliphatic rings. The molecule has 1 N–H and O–H groups in total. The minimum Gasteiger partial charge on any atom is -0.478 e. The van der Waals surface area contributed by atoms with Crippen LogP contribution in [0.2, 0.25) is 0 Å². The van der Waals surface area contributed by atoms with Crippen LogP contribution in [0.1, 0.15) is 6.42 Å². The second-order valence-corrected chi connectivity index (χ2v) is 4.97. The molecule has 116 valence electrons. The lowest BCUT2D eigenvalue weighted by Crippen LogP contribution is -2.32. The van der Waals surface area contributed by atoms with Gasteiger partial charge in [0.2, 0.25) is 11.8 Å². The van der Waals surface area contributed by atoms with E-state index in [2.05, 4.69) is 17.2 Å². The third-order valence-corrected chi connectivity index (χ3v) is 3.32. The molecule has 0 saturated carbocycles. The molecule has 22 heavy (non-hydrogen) atoms. The fourth-order valence-corrected chi connectivity index (χ4v) is 2.10. The molecule has 0 bridgehead atoms. The Hall–Kier alpha value is -2.55. The Morgan fingerprint density at radius 1 is 1.45 bits per heavy atom. The lowest BCUT2D eigenvalue weighted by atomic mass is 10.1. The Labute approximate surface area is 128 Å². The molecule has 1 aliphatic heterocycles. The highest BCUT2D eigenvalue weighted by Gasteiger charge is 2.31. The van der Waals surface area contributed by atoms with Gasteiger partial charge in [0.25, 0.3) is 0 Å². The van der Waals surface area contributed by atoms with Crippen LogP contribution in [0.4, 0.5) is 4.39 Å². The normalized spacial score (nSPS) is 16.9. The van der Waals surface area contributed by atoms with E-state index in [-0.39, 0.29) is 43.1 Å². The van der Waals surface area contributed by atoms with Gasteiger partial charge in [0, 0.05) is 20.0 Å². The summed E-state index contributed by atoms with van der Waals surface area (Å²) < 4.78 is 18.4. The third kappa shape index (κ3) is 4.22. The van der Waals surface area contributed by atoms with Crippen molar-refractivity contribution >= 4 is 11.8 Å². The molecule has 1 atom stereocenters. The maximum absolute atomic E-state index is 13.2. The Kier molecular flexibility index (Phi) is 5.37. The van der Waals surface area contributed by atoms with E-state index in [0.29, 0.717) is 6.54 Å². The number of hydrogen-bond donors (Lipinski definition) is 1. The van der Waals surface area contributed by atoms with Crippen molar-refractivity contribution in [2.75, 3.05) is 26.7 Å². The molecule has 1 heterocycles. The summed E-state index contributed by atoms with van der Waals surface area (Å²) in [6.07, 6.45) is 0.242. The number of carbonyl (C=O) groups excluding carboxylic acids is 2. The average molecular weight is 304 g/mol. The molecule has 2 amide bonds. The molecular formula is C16H17FN2O3. The van der Waals surface area contributed by atoms with E-state index in [9.17, 15) is 14.0 Å². The van der Waals surface area contributed by atoms with Gasteiger partial charge >= 0.3 is 0 Å². The molecule has 2 rings (SSSR count). The van der Waals surface area contributed by atoms with Crippen molar-refractivity contribution in [3.63, 3.8) is 0 Å². The van der Waals surface area contributed by atoms with Crippen molar-refractivity contribution in [3.8, 4) is 17.6 Å². The van der Waals surface area contributed by atoms with Crippen LogP contribution in [0.25, 0.3) is 0 Å². The zero-order valence-electron chi connectivity index (χ0n) is 12.3. The van der Waals surface area contributed by atoms with E-state index in [1.807, 2.05) is 0 Å². The molecule has 1 aromatic rings. The number of carbonyl (C=O) groups is 2. The molecule has 0 radical (unpaired) electrons. The number of amides is 2. The topological polar surface area (TPSA) is 58.6 Å². The molecule has 5 nitrogen and oxygen atoms in total. The number of hydrogen-bond acceptors (Lipinski definition) is 3. The molecular weight excluding hydrogens is 287 g/mol. The summed E-state index contributed by atoms with van der Waals surface area (Å²) in [6.45, 7) is 0.657. The van der Waals surface area contributed by atoms with Gasteiger partial charge in [-0.25, -0.2) is 4.39 Å². The number of ether oxygens (including phenoxy) is 1. The number of halogens is 1. The van der Waals surface area contributed by atoms with E-state index < -0.39 is 5.82 Å². The molecule has 6 heteroatoms. The van der Waals surface area contributed by atoms with E-state index in [4.69, 9.17) is 4.74 Å². The Morgan fingerprint density at radius 2 is 2.23 bits per heavy atom. The first-order valence-electron chi connectivity index (χ1n) is 6.92. The van der Waals surface area contributed by atoms with Crippen LogP contribution in [0.15, 0.2) is 24.3 Å². The zero-order chi connectivity index (χ0) is 15.9. The predicted octanol–water partition coefficient (Wildman–Crippen LogP) is 0.802. The highest BCUT2D eigenvalue weighted by Crippen LogP contribution is 2.16. The minimum atomic E-state index is -0.437. The average Bonchev–Trinajstić information content (AvgIpc) is 2.84. The monoisotopic (exact) mass is 304 g/mol. The van der Waals surface area contributed by atoms with Gasteiger partial charge in [-0.2, -0.15) is 0 Å². The minimum absolute atomic E-state index is 0.0236. The summed E-state index contributed by atoms with van der Waals surface area (Å²) in [5, 5.41) is 2.65. The van der Waals surface area contributed by atoms with Crippen molar-refractivity contribution in [1.82, 2.24) is 10.2 Å². The van der Waals surface area contributed by atoms with Crippen LogP contribution >= 0.6 is 0 Å². The fourth-order valence-electron chi connectivity index (χ4n) is 2.10. The lowest BCUT2D eigenvalue weighted by Gasteiger charge is -2.09. The highest BCUT2D eigenvalue weighted by atomic mass is 19.1. The maximum Gasteiger partial charge on any atom is 0.226 e. The van der Waals surface area contributed by atoms with Gasteiger partial charge in [0.1, 0.15) is 6.61 Å². The van der Waals surface area contributed by atoms with Gasteiger partial charge in [0.15, 0.2) is 11.6 Å². The summed E-state index contributed by atoms with van der Waals surface area (Å²) in [4.78, 5) is 24.7. The van der Waals surface area contributed by atoms with E-state index in [0.717, 1.165) is 0 Å². The standard InChI is InChI=1S/C16H17FN2O3/c1-19-11-12(10-15(19)20)16(21)18-8-4-5-9-22-14-7-3-2-6-13(14)17/h2-3,6-7,12H,8-11H2,1H3,(H,18,21). The third-order valence-electron chi connectivity index (χ3n) is 3.32. The second kappa shape index (κ2) is 7.46. The first-order chi connectivity index (χ1) is 10.6. The van der Waals surface area contributed by atoms with Crippen molar-refractivity contribution in [1.29, 1.82) is 0 Å². The van der Waals surface area contributed by atoms with Gasteiger partial charge < -0.3 is 15.0 Å². The largest absolute Gasteiger partial charge is 0.478 e. The molecule has 0 aliphatic carbocycles. The van der Waals surface area contributed by atoms with Crippen LogP contribution < -0.4 is 10.1 Å². The predicted molar refractivity (Wildman–Crippen MR) is 78.4 cm³/mol. The van der Waals surface area contributed by atoms with E-state index in [1.54, 1.807) is 19.2 Å². The van der Waals surface area contributed by atoms with Crippen LogP contribution in [0, 0.1) is 23.6 Å². The van der Waals surface area contributed by atoms with Gasteiger partial charge in [-0.3, -0.25) is 9.59 Å². The molecule has 1 saturated heterocycles. The van der Waals surface area contributed by atoms with Crippen LogP contribution in [-0.4, -0.2) is 43.5 Å².